The van der Waals surface area contributed by atoms with Gasteiger partial charge in [-0.2, -0.15) is 14.9 Å². The summed E-state index contributed by atoms with van der Waals surface area (Å²) in [5.74, 6) is 0. The van der Waals surface area contributed by atoms with Crippen molar-refractivity contribution in [3.63, 3.8) is 0 Å². The summed E-state index contributed by atoms with van der Waals surface area (Å²) in [5, 5.41) is 12.1. The monoisotopic (exact) mass is 384 g/mol. The number of hydrogen-bond acceptors (Lipinski definition) is 5. The van der Waals surface area contributed by atoms with E-state index in [-0.39, 0.29) is 11.7 Å². The number of nitrogens with zero attached hydrogens (tertiary/aromatic N) is 3. The van der Waals surface area contributed by atoms with Crippen molar-refractivity contribution >= 4 is 11.8 Å². The van der Waals surface area contributed by atoms with Crippen LogP contribution in [0.2, 0.25) is 0 Å². The highest BCUT2D eigenvalue weighted by Crippen LogP contribution is 2.28. The highest BCUT2D eigenvalue weighted by molar-refractivity contribution is 5.81. The van der Waals surface area contributed by atoms with Gasteiger partial charge in [-0.25, -0.2) is 9.50 Å². The molecule has 7 nitrogen and oxygen atoms in total. The van der Waals surface area contributed by atoms with Gasteiger partial charge < -0.3 is 0 Å². The second-order valence-electron chi connectivity index (χ2n) is 6.30. The lowest BCUT2D eigenvalue weighted by Crippen LogP contribution is -2.19. The minimum atomic E-state index is -0.125. The molecule has 0 aliphatic carbocycles. The van der Waals surface area contributed by atoms with Crippen LogP contribution in [0.5, 0.6) is 0 Å². The fourth-order valence-electron chi connectivity index (χ4n) is 3.20. The fraction of sp³-hybridized carbons (Fsp3) is 0.0909. The number of H-pyrrole nitrogens is 1. The molecule has 0 spiro atoms. The Labute approximate surface area is 165 Å². The Kier molecular flexibility index (Phi) is 5.49. The molecule has 0 radical (unpaired) electrons. The summed E-state index contributed by atoms with van der Waals surface area (Å²) in [4.78, 5) is 33.9. The van der Waals surface area contributed by atoms with Crippen LogP contribution in [0.15, 0.2) is 59.4 Å². The Hall–Kier alpha value is -4.27. The highest BCUT2D eigenvalue weighted by Gasteiger charge is 2.18. The summed E-state index contributed by atoms with van der Waals surface area (Å²) >= 11 is 0. The maximum absolute atomic E-state index is 12.9. The van der Waals surface area contributed by atoms with Crippen LogP contribution in [0, 0.1) is 25.2 Å². The fourth-order valence-corrected chi connectivity index (χ4v) is 3.20. The van der Waals surface area contributed by atoms with Crippen molar-refractivity contribution in [1.29, 1.82) is 5.26 Å². The van der Waals surface area contributed by atoms with Crippen LogP contribution in [-0.2, 0) is 9.59 Å². The SMILES string of the molecule is Cc1[nH]n2c(=O)c(C)c(-c3ccc(C#N)cc3)nc2c1-c1ccccc1.O=C=O. The minimum absolute atomic E-state index is 0.125. The quantitative estimate of drug-likeness (QED) is 0.571. The number of aromatic amines is 1. The zero-order valence-corrected chi connectivity index (χ0v) is 15.8. The van der Waals surface area contributed by atoms with Gasteiger partial charge in [0.1, 0.15) is 0 Å². The average Bonchev–Trinajstić information content (AvgIpc) is 3.08. The van der Waals surface area contributed by atoms with Gasteiger partial charge in [0.05, 0.1) is 17.3 Å². The molecule has 4 aromatic rings. The van der Waals surface area contributed by atoms with Crippen molar-refractivity contribution in [2.45, 2.75) is 13.8 Å². The lowest BCUT2D eigenvalue weighted by atomic mass is 10.0. The Balaban J connectivity index is 0.000000755. The smallest absolute Gasteiger partial charge is 0.293 e. The van der Waals surface area contributed by atoms with Gasteiger partial charge in [-0.1, -0.05) is 42.5 Å². The predicted octanol–water partition coefficient (Wildman–Crippen LogP) is 3.26. The van der Waals surface area contributed by atoms with Crippen LogP contribution in [0.3, 0.4) is 0 Å². The van der Waals surface area contributed by atoms with Crippen LogP contribution in [-0.4, -0.2) is 20.7 Å². The molecule has 0 saturated heterocycles. The van der Waals surface area contributed by atoms with Gasteiger partial charge in [0.15, 0.2) is 5.65 Å². The third-order valence-electron chi connectivity index (χ3n) is 4.54. The second kappa shape index (κ2) is 8.17. The van der Waals surface area contributed by atoms with E-state index < -0.39 is 0 Å². The predicted molar refractivity (Wildman–Crippen MR) is 106 cm³/mol. The topological polar surface area (TPSA) is 108 Å². The molecule has 0 amide bonds. The van der Waals surface area contributed by atoms with E-state index in [2.05, 4.69) is 11.2 Å². The molecule has 0 saturated carbocycles. The standard InChI is InChI=1S/C21H16N4O.CO2/c1-13-19(17-10-8-15(12-22)9-11-17)23-20-18(16-6-4-3-5-7-16)14(2)24-25(20)21(13)26;2-1-3/h3-11,24H,1-2H3;. The van der Waals surface area contributed by atoms with Crippen molar-refractivity contribution in [2.75, 3.05) is 0 Å². The zero-order chi connectivity index (χ0) is 21.0. The van der Waals surface area contributed by atoms with Crippen molar-refractivity contribution in [3.05, 3.63) is 81.8 Å². The van der Waals surface area contributed by atoms with Crippen LogP contribution in [0.25, 0.3) is 28.0 Å². The molecule has 0 fully saturated rings. The summed E-state index contributed by atoms with van der Waals surface area (Å²) in [6, 6.07) is 19.1. The first-order valence-corrected chi connectivity index (χ1v) is 8.69. The first-order chi connectivity index (χ1) is 14.0. The largest absolute Gasteiger partial charge is 0.373 e. The van der Waals surface area contributed by atoms with E-state index in [0.29, 0.717) is 22.5 Å². The number of fused-ring (bicyclic) bond motifs is 1. The molecule has 0 aliphatic heterocycles. The van der Waals surface area contributed by atoms with E-state index in [1.165, 1.54) is 4.52 Å². The van der Waals surface area contributed by atoms with E-state index in [1.54, 1.807) is 19.1 Å². The number of benzene rings is 2. The number of rotatable bonds is 2. The van der Waals surface area contributed by atoms with E-state index in [4.69, 9.17) is 19.8 Å². The Morgan fingerprint density at radius 1 is 0.966 bits per heavy atom. The molecule has 29 heavy (non-hydrogen) atoms. The highest BCUT2D eigenvalue weighted by atomic mass is 16.2. The molecule has 2 heterocycles. The molecular formula is C22H16N4O3. The van der Waals surface area contributed by atoms with Gasteiger partial charge in [0.25, 0.3) is 5.56 Å². The maximum atomic E-state index is 12.9. The van der Waals surface area contributed by atoms with E-state index in [1.807, 2.05) is 49.4 Å². The summed E-state index contributed by atoms with van der Waals surface area (Å²) in [5.41, 5.74) is 5.87. The van der Waals surface area contributed by atoms with Crippen LogP contribution < -0.4 is 5.56 Å². The van der Waals surface area contributed by atoms with Gasteiger partial charge in [0.2, 0.25) is 0 Å². The number of nitriles is 1. The molecular weight excluding hydrogens is 368 g/mol. The minimum Gasteiger partial charge on any atom is -0.293 e. The molecule has 4 rings (SSSR count). The molecule has 0 atom stereocenters. The van der Waals surface area contributed by atoms with Crippen molar-refractivity contribution < 1.29 is 9.59 Å². The second-order valence-corrected chi connectivity index (χ2v) is 6.30. The Morgan fingerprint density at radius 3 is 2.17 bits per heavy atom. The van der Waals surface area contributed by atoms with Gasteiger partial charge >= 0.3 is 6.15 Å². The van der Waals surface area contributed by atoms with Crippen molar-refractivity contribution in [1.82, 2.24) is 14.6 Å². The Morgan fingerprint density at radius 2 is 1.59 bits per heavy atom. The number of nitrogens with one attached hydrogen (secondary N) is 1. The van der Waals surface area contributed by atoms with Gasteiger partial charge in [0, 0.05) is 22.4 Å². The van der Waals surface area contributed by atoms with E-state index in [9.17, 15) is 4.79 Å². The summed E-state index contributed by atoms with van der Waals surface area (Å²) in [6.45, 7) is 3.71. The molecule has 2 aromatic heterocycles. The Bertz CT molecular complexity index is 1300. The molecule has 7 heteroatoms. The molecule has 0 unspecified atom stereocenters. The summed E-state index contributed by atoms with van der Waals surface area (Å²) in [6.07, 6.45) is 0.250. The zero-order valence-electron chi connectivity index (χ0n) is 15.8. The summed E-state index contributed by atoms with van der Waals surface area (Å²) < 4.78 is 1.50. The average molecular weight is 384 g/mol. The number of aryl methyl sites for hydroxylation is 1. The number of hydrogen-bond donors (Lipinski definition) is 1. The molecule has 0 aliphatic rings. The molecule has 2 aromatic carbocycles. The molecule has 0 bridgehead atoms. The van der Waals surface area contributed by atoms with Crippen LogP contribution in [0.1, 0.15) is 16.8 Å². The van der Waals surface area contributed by atoms with Gasteiger partial charge in [-0.3, -0.25) is 9.89 Å². The first kappa shape index (κ1) is 19.5. The van der Waals surface area contributed by atoms with Crippen molar-refractivity contribution in [2.24, 2.45) is 0 Å². The lowest BCUT2D eigenvalue weighted by Gasteiger charge is -2.07. The summed E-state index contributed by atoms with van der Waals surface area (Å²) in [7, 11) is 0. The van der Waals surface area contributed by atoms with Crippen molar-refractivity contribution in [3.8, 4) is 28.5 Å². The third-order valence-corrected chi connectivity index (χ3v) is 4.54. The molecule has 142 valence electrons. The lowest BCUT2D eigenvalue weighted by molar-refractivity contribution is -0.191. The van der Waals surface area contributed by atoms with E-state index in [0.717, 1.165) is 22.4 Å². The molecule has 1 N–H and O–H groups in total. The number of carbonyl (C=O) groups excluding carboxylic acids is 2. The maximum Gasteiger partial charge on any atom is 0.373 e. The van der Waals surface area contributed by atoms with Gasteiger partial charge in [-0.05, 0) is 31.5 Å². The van der Waals surface area contributed by atoms with Crippen LogP contribution in [0.4, 0.5) is 0 Å². The van der Waals surface area contributed by atoms with Gasteiger partial charge in [-0.15, -0.1) is 0 Å². The first-order valence-electron chi connectivity index (χ1n) is 8.69. The normalized spacial score (nSPS) is 9.97. The van der Waals surface area contributed by atoms with E-state index >= 15 is 0 Å². The third kappa shape index (κ3) is 3.61. The number of aromatic nitrogens is 3. The van der Waals surface area contributed by atoms with Crippen LogP contribution >= 0.6 is 0 Å².